The highest BCUT2D eigenvalue weighted by Gasteiger charge is 2.16. The van der Waals surface area contributed by atoms with Gasteiger partial charge in [-0.2, -0.15) is 5.10 Å². The number of carbonyl (C=O) groups is 3. The Morgan fingerprint density at radius 1 is 1.00 bits per heavy atom. The first kappa shape index (κ1) is 31.0. The molecule has 3 N–H and O–H groups in total. The van der Waals surface area contributed by atoms with E-state index in [4.69, 9.17) is 37.4 Å². The summed E-state index contributed by atoms with van der Waals surface area (Å²) in [6.07, 6.45) is 2.22. The maximum Gasteiger partial charge on any atom is 0.329 e. The van der Waals surface area contributed by atoms with Gasteiger partial charge in [0.2, 0.25) is 0 Å². The summed E-state index contributed by atoms with van der Waals surface area (Å²) in [7, 11) is 1.44. The topological polar surface area (TPSA) is 127 Å². The molecule has 3 aromatic rings. The number of carbonyl (C=O) groups excluding carboxylic acids is 3. The van der Waals surface area contributed by atoms with Crippen molar-refractivity contribution in [2.45, 2.75) is 13.3 Å². The molecule has 0 heterocycles. The van der Waals surface area contributed by atoms with Crippen LogP contribution in [0.4, 0.5) is 11.4 Å². The molecule has 10 nitrogen and oxygen atoms in total. The molecule has 210 valence electrons. The number of hydrogen-bond donors (Lipinski definition) is 3. The first-order valence-electron chi connectivity index (χ1n) is 11.8. The maximum absolute atomic E-state index is 12.4. The van der Waals surface area contributed by atoms with Crippen LogP contribution < -0.4 is 30.3 Å². The van der Waals surface area contributed by atoms with E-state index in [0.717, 1.165) is 6.42 Å². The predicted octanol–water partition coefficient (Wildman–Crippen LogP) is 5.50. The molecule has 13 heteroatoms. The van der Waals surface area contributed by atoms with Gasteiger partial charge in [0.05, 0.1) is 39.2 Å². The van der Waals surface area contributed by atoms with Crippen LogP contribution >= 0.6 is 45.8 Å². The van der Waals surface area contributed by atoms with Crippen LogP contribution in [0.3, 0.4) is 0 Å². The minimum Gasteiger partial charge on any atom is -0.494 e. The Morgan fingerprint density at radius 2 is 1.75 bits per heavy atom. The van der Waals surface area contributed by atoms with Crippen LogP contribution in [0.25, 0.3) is 0 Å². The van der Waals surface area contributed by atoms with Gasteiger partial charge < -0.3 is 24.8 Å². The molecule has 3 rings (SSSR count). The van der Waals surface area contributed by atoms with E-state index in [1.165, 1.54) is 13.3 Å². The summed E-state index contributed by atoms with van der Waals surface area (Å²) in [5.74, 6) is -0.947. The van der Waals surface area contributed by atoms with Crippen molar-refractivity contribution in [3.63, 3.8) is 0 Å². The number of ether oxygens (including phenoxy) is 3. The second-order valence-corrected chi connectivity index (χ2v) is 9.95. The van der Waals surface area contributed by atoms with Gasteiger partial charge in [0.1, 0.15) is 5.75 Å². The Balaban J connectivity index is 1.55. The lowest BCUT2D eigenvalue weighted by Gasteiger charge is -2.14. The van der Waals surface area contributed by atoms with Crippen molar-refractivity contribution in [2.24, 2.45) is 5.10 Å². The van der Waals surface area contributed by atoms with Crippen LogP contribution in [0, 0.1) is 3.57 Å². The summed E-state index contributed by atoms with van der Waals surface area (Å²) in [6.45, 7) is 2.27. The second kappa shape index (κ2) is 15.3. The molecule has 0 aliphatic heterocycles. The highest BCUT2D eigenvalue weighted by atomic mass is 127. The van der Waals surface area contributed by atoms with Crippen LogP contribution in [0.1, 0.15) is 18.9 Å². The molecule has 0 atom stereocenters. The normalized spacial score (nSPS) is 10.6. The molecule has 40 heavy (non-hydrogen) atoms. The number of hydrogen-bond acceptors (Lipinski definition) is 7. The summed E-state index contributed by atoms with van der Waals surface area (Å²) in [6, 6.07) is 14.8. The number of anilines is 2. The number of hydrazone groups is 1. The third-order valence-corrected chi connectivity index (χ3v) is 6.62. The molecule has 3 aromatic carbocycles. The minimum atomic E-state index is -0.949. The summed E-state index contributed by atoms with van der Waals surface area (Å²) in [5.41, 5.74) is 3.53. The van der Waals surface area contributed by atoms with Gasteiger partial charge in [0.25, 0.3) is 5.91 Å². The minimum absolute atomic E-state index is 0.226. The molecule has 0 unspecified atom stereocenters. The average molecular weight is 699 g/mol. The molecule has 0 aliphatic carbocycles. The van der Waals surface area contributed by atoms with Crippen molar-refractivity contribution in [2.75, 3.05) is 31.0 Å². The van der Waals surface area contributed by atoms with Crippen molar-refractivity contribution >= 4 is 81.1 Å². The van der Waals surface area contributed by atoms with Gasteiger partial charge in [0, 0.05) is 5.69 Å². The van der Waals surface area contributed by atoms with E-state index in [9.17, 15) is 14.4 Å². The predicted molar refractivity (Wildman–Crippen MR) is 163 cm³/mol. The Kier molecular flexibility index (Phi) is 11.8. The number of rotatable bonds is 11. The second-order valence-electron chi connectivity index (χ2n) is 8.00. The number of halogens is 3. The molecule has 0 saturated heterocycles. The van der Waals surface area contributed by atoms with E-state index in [1.807, 2.05) is 29.5 Å². The van der Waals surface area contributed by atoms with Gasteiger partial charge >= 0.3 is 11.8 Å². The lowest BCUT2D eigenvalue weighted by atomic mass is 10.2. The molecule has 0 spiro atoms. The van der Waals surface area contributed by atoms with Crippen molar-refractivity contribution in [3.05, 3.63) is 73.8 Å². The first-order valence-corrected chi connectivity index (χ1v) is 13.7. The smallest absolute Gasteiger partial charge is 0.329 e. The van der Waals surface area contributed by atoms with Crippen LogP contribution in [-0.4, -0.2) is 44.3 Å². The molecule has 0 fully saturated rings. The van der Waals surface area contributed by atoms with Crippen LogP contribution in [0.15, 0.2) is 59.7 Å². The zero-order valence-corrected chi connectivity index (χ0v) is 25.1. The van der Waals surface area contributed by atoms with E-state index >= 15 is 0 Å². The third kappa shape index (κ3) is 9.00. The van der Waals surface area contributed by atoms with Gasteiger partial charge in [-0.05, 0) is 83.1 Å². The number of nitrogens with one attached hydrogen (secondary N) is 3. The molecule has 0 aliphatic rings. The van der Waals surface area contributed by atoms with Crippen LogP contribution in [0.5, 0.6) is 17.2 Å². The highest BCUT2D eigenvalue weighted by Crippen LogP contribution is 2.34. The Labute approximate surface area is 254 Å². The number of amides is 3. The molecular weight excluding hydrogens is 674 g/mol. The van der Waals surface area contributed by atoms with Crippen LogP contribution in [0.2, 0.25) is 10.0 Å². The van der Waals surface area contributed by atoms with Gasteiger partial charge in [0.15, 0.2) is 18.1 Å². The van der Waals surface area contributed by atoms with Crippen molar-refractivity contribution in [1.82, 2.24) is 5.43 Å². The van der Waals surface area contributed by atoms with Gasteiger partial charge in [-0.15, -0.1) is 0 Å². The average Bonchev–Trinajstić information content (AvgIpc) is 2.94. The largest absolute Gasteiger partial charge is 0.494 e. The Hall–Kier alpha value is -3.55. The molecule has 0 saturated carbocycles. The monoisotopic (exact) mass is 698 g/mol. The zero-order valence-electron chi connectivity index (χ0n) is 21.4. The van der Waals surface area contributed by atoms with Crippen LogP contribution in [-0.2, 0) is 14.4 Å². The van der Waals surface area contributed by atoms with E-state index in [0.29, 0.717) is 49.4 Å². The van der Waals surface area contributed by atoms with Crippen molar-refractivity contribution < 1.29 is 28.6 Å². The van der Waals surface area contributed by atoms with Gasteiger partial charge in [-0.1, -0.05) is 36.2 Å². The molecule has 0 aromatic heterocycles. The van der Waals surface area contributed by atoms with E-state index < -0.39 is 17.7 Å². The van der Waals surface area contributed by atoms with Crippen molar-refractivity contribution in [1.29, 1.82) is 0 Å². The van der Waals surface area contributed by atoms with E-state index in [-0.39, 0.29) is 11.6 Å². The number of methoxy groups -OCH3 is 1. The summed E-state index contributed by atoms with van der Waals surface area (Å²) < 4.78 is 17.2. The molecule has 0 radical (unpaired) electrons. The summed E-state index contributed by atoms with van der Waals surface area (Å²) >= 11 is 14.1. The zero-order chi connectivity index (χ0) is 29.1. The molecular formula is C27H25Cl2IN4O6. The quantitative estimate of drug-likeness (QED) is 0.105. The molecule has 0 bridgehead atoms. The fourth-order valence-corrected chi connectivity index (χ4v) is 4.27. The maximum atomic E-state index is 12.4. The van der Waals surface area contributed by atoms with Crippen molar-refractivity contribution in [3.8, 4) is 17.2 Å². The van der Waals surface area contributed by atoms with Gasteiger partial charge in [-0.25, -0.2) is 5.43 Å². The van der Waals surface area contributed by atoms with E-state index in [2.05, 4.69) is 21.2 Å². The SMILES string of the molecule is CCCOc1ccc(NC(=O)C(=O)N/N=C\c2cc(I)c(OCC(=O)Nc3cccc(Cl)c3Cl)c(OC)c2)cc1. The fraction of sp³-hybridized carbons (Fsp3) is 0.185. The fourth-order valence-electron chi connectivity index (χ4n) is 3.14. The molecule has 3 amide bonds. The number of nitrogens with zero attached hydrogens (tertiary/aromatic N) is 1. The first-order chi connectivity index (χ1) is 19.2. The Morgan fingerprint density at radius 3 is 2.45 bits per heavy atom. The van der Waals surface area contributed by atoms with E-state index in [1.54, 1.807) is 54.6 Å². The standard InChI is InChI=1S/C27H25Cl2IN4O6/c1-3-11-39-18-9-7-17(8-10-18)32-26(36)27(37)34-31-14-16-12-20(30)25(22(13-16)38-2)40-15-23(35)33-21-6-4-5-19(28)24(21)29/h4-10,12-14H,3,11,15H2,1-2H3,(H,32,36)(H,33,35)(H,34,37)/b31-14-. The Bertz CT molecular complexity index is 1400. The van der Waals surface area contributed by atoms with Gasteiger partial charge in [-0.3, -0.25) is 14.4 Å². The third-order valence-electron chi connectivity index (χ3n) is 5.00. The lowest BCUT2D eigenvalue weighted by Crippen LogP contribution is -2.32. The lowest BCUT2D eigenvalue weighted by molar-refractivity contribution is -0.136. The highest BCUT2D eigenvalue weighted by molar-refractivity contribution is 14.1. The summed E-state index contributed by atoms with van der Waals surface area (Å²) in [4.78, 5) is 36.7. The number of benzene rings is 3. The summed E-state index contributed by atoms with van der Waals surface area (Å²) in [5, 5.41) is 9.51.